The topological polar surface area (TPSA) is 130 Å². The lowest BCUT2D eigenvalue weighted by Gasteiger charge is -2.19. The number of para-hydroxylation sites is 2. The lowest BCUT2D eigenvalue weighted by molar-refractivity contribution is 0.158. The van der Waals surface area contributed by atoms with E-state index in [0.29, 0.717) is 23.8 Å². The van der Waals surface area contributed by atoms with E-state index in [2.05, 4.69) is 25.3 Å². The van der Waals surface area contributed by atoms with Crippen molar-refractivity contribution in [2.75, 3.05) is 5.32 Å². The zero-order valence-electron chi connectivity index (χ0n) is 23.9. The van der Waals surface area contributed by atoms with Gasteiger partial charge >= 0.3 is 0 Å². The molecule has 11 heteroatoms. The highest BCUT2D eigenvalue weighted by molar-refractivity contribution is 6.35. The fourth-order valence-electron chi connectivity index (χ4n) is 5.67. The maximum Gasteiger partial charge on any atom is 0.224 e. The summed E-state index contributed by atoms with van der Waals surface area (Å²) in [5, 5.41) is 25.6. The number of aliphatic hydroxyl groups is 2. The van der Waals surface area contributed by atoms with Crippen molar-refractivity contribution in [1.29, 1.82) is 0 Å². The summed E-state index contributed by atoms with van der Waals surface area (Å²) in [6.45, 7) is 0. The Morgan fingerprint density at radius 2 is 1.11 bits per heavy atom. The van der Waals surface area contributed by atoms with Crippen LogP contribution in [0.3, 0.4) is 0 Å². The van der Waals surface area contributed by atoms with Gasteiger partial charge in [0.25, 0.3) is 0 Å². The smallest absolute Gasteiger partial charge is 0.224 e. The molecule has 8 rings (SSSR count). The molecule has 5 N–H and O–H groups in total. The van der Waals surface area contributed by atoms with Gasteiger partial charge in [0.15, 0.2) is 0 Å². The zero-order chi connectivity index (χ0) is 31.5. The van der Waals surface area contributed by atoms with Crippen molar-refractivity contribution >= 4 is 62.4 Å². The lowest BCUT2D eigenvalue weighted by Crippen LogP contribution is -2.22. The Kier molecular flexibility index (Phi) is 9.42. The summed E-state index contributed by atoms with van der Waals surface area (Å²) in [5.74, 6) is 0.649. The van der Waals surface area contributed by atoms with Crippen LogP contribution in [0.25, 0.3) is 21.8 Å². The summed E-state index contributed by atoms with van der Waals surface area (Å²) in [6, 6.07) is 30.8. The van der Waals surface area contributed by atoms with Crippen molar-refractivity contribution in [2.45, 2.75) is 37.1 Å². The second-order valence-electron chi connectivity index (χ2n) is 10.7. The number of nitrogens with two attached hydrogens (primary N) is 1. The van der Waals surface area contributed by atoms with Crippen molar-refractivity contribution in [2.24, 2.45) is 5.73 Å². The van der Waals surface area contributed by atoms with Gasteiger partial charge in [-0.1, -0.05) is 84.4 Å². The molecule has 0 spiro atoms. The van der Waals surface area contributed by atoms with E-state index in [-0.39, 0.29) is 28.8 Å². The van der Waals surface area contributed by atoms with Gasteiger partial charge in [0.2, 0.25) is 10.6 Å². The third-order valence-electron chi connectivity index (χ3n) is 7.86. The molecule has 0 unspecified atom stereocenters. The second kappa shape index (κ2) is 13.6. The molecule has 8 nitrogen and oxygen atoms in total. The van der Waals surface area contributed by atoms with E-state index in [1.807, 2.05) is 97.1 Å². The molecule has 0 amide bonds. The SMILES string of the molecule is Clc1nc(Cl)c2ccccc2n1.N[C@H]1c2ccccc2C[C@H]1O.O[C@@H]1Cc2ccccc2[C@@H]1Nc1nc(Cl)nc2ccccc12. The standard InChI is InChI=1S/C17H14ClN3O.C9H11NO.C8H4Cl2N2/c18-17-19-13-8-4-3-7-12(13)16(21-17)20-15-11-6-2-1-5-10(11)9-14(15)22;10-9-7-4-2-1-3-6(7)5-8(9)11;9-7-5-3-1-2-4-6(5)11-8(10)12-7/h1-8,14-15,22H,9H2,(H,19,20,21);1-4,8-9,11H,5,10H2;1-4H/t14-,15+;8-,9+;/m11./s1. The largest absolute Gasteiger partial charge is 0.391 e. The fourth-order valence-corrected chi connectivity index (χ4v) is 6.30. The van der Waals surface area contributed by atoms with Crippen molar-refractivity contribution in [3.63, 3.8) is 0 Å². The average Bonchev–Trinajstić information content (AvgIpc) is 3.51. The van der Waals surface area contributed by atoms with E-state index in [1.165, 1.54) is 5.56 Å². The predicted octanol–water partition coefficient (Wildman–Crippen LogP) is 6.89. The molecule has 4 atom stereocenters. The van der Waals surface area contributed by atoms with Crippen LogP contribution < -0.4 is 11.1 Å². The monoisotopic (exact) mass is 658 g/mol. The quantitative estimate of drug-likeness (QED) is 0.117. The van der Waals surface area contributed by atoms with Crippen molar-refractivity contribution < 1.29 is 10.2 Å². The average molecular weight is 660 g/mol. The van der Waals surface area contributed by atoms with Gasteiger partial charge < -0.3 is 21.3 Å². The molecule has 2 aliphatic carbocycles. The number of benzene rings is 4. The number of halogens is 3. The van der Waals surface area contributed by atoms with Gasteiger partial charge in [-0.3, -0.25) is 0 Å². The number of aliphatic hydroxyl groups excluding tert-OH is 2. The number of hydrogen-bond donors (Lipinski definition) is 4. The number of aromatic nitrogens is 4. The molecular formula is C34H29Cl3N6O2. The molecule has 228 valence electrons. The normalized spacial score (nSPS) is 19.6. The molecule has 0 aliphatic heterocycles. The van der Waals surface area contributed by atoms with Crippen LogP contribution >= 0.6 is 34.8 Å². The Balaban J connectivity index is 0.000000131. The first-order chi connectivity index (χ1) is 21.8. The Bertz CT molecular complexity index is 1980. The maximum atomic E-state index is 10.4. The first-order valence-electron chi connectivity index (χ1n) is 14.3. The molecule has 45 heavy (non-hydrogen) atoms. The van der Waals surface area contributed by atoms with Gasteiger partial charge in [-0.15, -0.1) is 0 Å². The third-order valence-corrected chi connectivity index (χ3v) is 8.49. The van der Waals surface area contributed by atoms with Crippen molar-refractivity contribution in [3.8, 4) is 0 Å². The molecule has 0 saturated heterocycles. The molecule has 0 saturated carbocycles. The maximum absolute atomic E-state index is 10.4. The summed E-state index contributed by atoms with van der Waals surface area (Å²) in [4.78, 5) is 16.4. The van der Waals surface area contributed by atoms with Gasteiger partial charge in [0.1, 0.15) is 11.0 Å². The van der Waals surface area contributed by atoms with Gasteiger partial charge in [0, 0.05) is 23.6 Å². The van der Waals surface area contributed by atoms with Crippen LogP contribution in [0.1, 0.15) is 34.3 Å². The van der Waals surface area contributed by atoms with E-state index in [0.717, 1.165) is 38.5 Å². The molecule has 4 aromatic carbocycles. The van der Waals surface area contributed by atoms with E-state index in [9.17, 15) is 10.2 Å². The first-order valence-corrected chi connectivity index (χ1v) is 15.5. The summed E-state index contributed by atoms with van der Waals surface area (Å²) in [7, 11) is 0. The summed E-state index contributed by atoms with van der Waals surface area (Å²) in [6.07, 6.45) is 0.486. The number of anilines is 1. The highest BCUT2D eigenvalue weighted by Gasteiger charge is 2.31. The Morgan fingerprint density at radius 3 is 1.80 bits per heavy atom. The summed E-state index contributed by atoms with van der Waals surface area (Å²) >= 11 is 17.5. The predicted molar refractivity (Wildman–Crippen MR) is 180 cm³/mol. The molecular weight excluding hydrogens is 631 g/mol. The van der Waals surface area contributed by atoms with Crippen LogP contribution in [0.5, 0.6) is 0 Å². The fraction of sp³-hybridized carbons (Fsp3) is 0.176. The summed E-state index contributed by atoms with van der Waals surface area (Å²) < 4.78 is 0. The lowest BCUT2D eigenvalue weighted by atomic mass is 10.1. The molecule has 6 aromatic rings. The van der Waals surface area contributed by atoms with E-state index in [1.54, 1.807) is 0 Å². The van der Waals surface area contributed by atoms with Gasteiger partial charge in [0.05, 0.1) is 35.3 Å². The van der Waals surface area contributed by atoms with Crippen LogP contribution in [0.2, 0.25) is 15.7 Å². The first kappa shape index (κ1) is 31.1. The summed E-state index contributed by atoms with van der Waals surface area (Å²) in [5.41, 5.74) is 11.8. The minimum atomic E-state index is -0.482. The highest BCUT2D eigenvalue weighted by atomic mass is 35.5. The van der Waals surface area contributed by atoms with Crippen LogP contribution in [-0.4, -0.2) is 42.4 Å². The van der Waals surface area contributed by atoms with Gasteiger partial charge in [-0.05, 0) is 69.7 Å². The Morgan fingerprint density at radius 1 is 0.600 bits per heavy atom. The molecule has 0 radical (unpaired) electrons. The van der Waals surface area contributed by atoms with Crippen molar-refractivity contribution in [1.82, 2.24) is 19.9 Å². The van der Waals surface area contributed by atoms with Crippen LogP contribution in [0.4, 0.5) is 5.82 Å². The molecule has 2 aliphatic rings. The third kappa shape index (κ3) is 6.87. The van der Waals surface area contributed by atoms with E-state index in [4.69, 9.17) is 40.5 Å². The number of hydrogen-bond acceptors (Lipinski definition) is 8. The van der Waals surface area contributed by atoms with Crippen LogP contribution in [0.15, 0.2) is 97.1 Å². The van der Waals surface area contributed by atoms with Gasteiger partial charge in [-0.2, -0.15) is 0 Å². The zero-order valence-corrected chi connectivity index (χ0v) is 26.1. The molecule has 0 bridgehead atoms. The number of nitrogens with one attached hydrogen (secondary N) is 1. The number of nitrogens with zero attached hydrogens (tertiary/aromatic N) is 4. The number of fused-ring (bicyclic) bond motifs is 4. The Labute approximate surface area is 274 Å². The van der Waals surface area contributed by atoms with Gasteiger partial charge in [-0.25, -0.2) is 19.9 Å². The highest BCUT2D eigenvalue weighted by Crippen LogP contribution is 2.35. The molecule has 2 heterocycles. The second-order valence-corrected chi connectivity index (χ2v) is 11.8. The Hall–Kier alpha value is -3.89. The van der Waals surface area contributed by atoms with E-state index >= 15 is 0 Å². The molecule has 2 aromatic heterocycles. The van der Waals surface area contributed by atoms with E-state index < -0.39 is 6.10 Å². The van der Waals surface area contributed by atoms with Crippen molar-refractivity contribution in [3.05, 3.63) is 135 Å². The minimum Gasteiger partial charge on any atom is -0.391 e. The number of rotatable bonds is 2. The minimum absolute atomic E-state index is 0.175. The van der Waals surface area contributed by atoms with Crippen LogP contribution in [0, 0.1) is 0 Å². The van der Waals surface area contributed by atoms with Crippen LogP contribution in [-0.2, 0) is 12.8 Å². The molecule has 0 fully saturated rings.